The number of carbonyl (C=O) groups excluding carboxylic acids is 2. The number of methoxy groups -OCH3 is 1. The van der Waals surface area contributed by atoms with E-state index in [0.717, 1.165) is 10.1 Å². The van der Waals surface area contributed by atoms with Crippen molar-refractivity contribution in [3.8, 4) is 5.75 Å². The van der Waals surface area contributed by atoms with Gasteiger partial charge in [-0.1, -0.05) is 30.3 Å². The minimum absolute atomic E-state index is 0.0747. The van der Waals surface area contributed by atoms with Gasteiger partial charge >= 0.3 is 12.1 Å². The lowest BCUT2D eigenvalue weighted by Gasteiger charge is -2.20. The Hall–Kier alpha value is -2.76. The van der Waals surface area contributed by atoms with Gasteiger partial charge in [-0.3, -0.25) is 4.57 Å². The second kappa shape index (κ2) is 6.78. The zero-order chi connectivity index (χ0) is 17.9. The molecule has 0 fully saturated rings. The highest BCUT2D eigenvalue weighted by Crippen LogP contribution is 2.29. The first-order chi connectivity index (χ1) is 11.2. The number of nitrogens with zero attached hydrogens (tertiary/aromatic N) is 1. The van der Waals surface area contributed by atoms with E-state index in [9.17, 15) is 14.7 Å². The molecule has 0 spiro atoms. The lowest BCUT2D eigenvalue weighted by atomic mass is 10.1. The van der Waals surface area contributed by atoms with Crippen LogP contribution in [-0.2, 0) is 15.9 Å². The van der Waals surface area contributed by atoms with E-state index >= 15 is 0 Å². The van der Waals surface area contributed by atoms with Crippen molar-refractivity contribution in [1.82, 2.24) is 4.57 Å². The molecule has 1 heterocycles. The van der Waals surface area contributed by atoms with Gasteiger partial charge in [0, 0.05) is 12.6 Å². The molecule has 2 rings (SSSR count). The van der Waals surface area contributed by atoms with Crippen molar-refractivity contribution in [2.45, 2.75) is 32.8 Å². The fourth-order valence-electron chi connectivity index (χ4n) is 2.23. The van der Waals surface area contributed by atoms with E-state index < -0.39 is 17.7 Å². The predicted octanol–water partition coefficient (Wildman–Crippen LogP) is 3.35. The Bertz CT molecular complexity index is 741. The first kappa shape index (κ1) is 17.6. The zero-order valence-electron chi connectivity index (χ0n) is 14.2. The standard InChI is InChI=1S/C18H21NO5/c1-18(2,3)24-17(22)19-11-13(16(21)23-4)15(20)14(19)10-12-8-6-5-7-9-12/h5-9,11,20H,10H2,1-4H3. The highest BCUT2D eigenvalue weighted by molar-refractivity contribution is 5.94. The Morgan fingerprint density at radius 2 is 1.79 bits per heavy atom. The van der Waals surface area contributed by atoms with Crippen molar-refractivity contribution in [1.29, 1.82) is 0 Å². The van der Waals surface area contributed by atoms with Crippen molar-refractivity contribution in [3.63, 3.8) is 0 Å². The molecule has 0 aliphatic carbocycles. The van der Waals surface area contributed by atoms with Crippen LogP contribution in [0.1, 0.15) is 42.4 Å². The van der Waals surface area contributed by atoms with E-state index in [1.807, 2.05) is 30.3 Å². The van der Waals surface area contributed by atoms with Crippen molar-refractivity contribution >= 4 is 12.1 Å². The summed E-state index contributed by atoms with van der Waals surface area (Å²) in [6, 6.07) is 9.31. The number of hydrogen-bond acceptors (Lipinski definition) is 5. The number of benzene rings is 1. The Balaban J connectivity index is 2.47. The molecule has 0 aliphatic heterocycles. The zero-order valence-corrected chi connectivity index (χ0v) is 14.2. The molecule has 0 saturated carbocycles. The molecule has 1 N–H and O–H groups in total. The van der Waals surface area contributed by atoms with Crippen LogP contribution < -0.4 is 0 Å². The van der Waals surface area contributed by atoms with Gasteiger partial charge in [-0.15, -0.1) is 0 Å². The molecule has 0 aliphatic rings. The topological polar surface area (TPSA) is 77.8 Å². The van der Waals surface area contributed by atoms with Crippen LogP contribution in [0.4, 0.5) is 4.79 Å². The number of ether oxygens (including phenoxy) is 2. The van der Waals surface area contributed by atoms with E-state index in [4.69, 9.17) is 4.74 Å². The maximum absolute atomic E-state index is 12.4. The molecule has 6 nitrogen and oxygen atoms in total. The summed E-state index contributed by atoms with van der Waals surface area (Å²) in [6.45, 7) is 5.23. The fourth-order valence-corrected chi connectivity index (χ4v) is 2.23. The van der Waals surface area contributed by atoms with Crippen LogP contribution in [0, 0.1) is 0 Å². The Morgan fingerprint density at radius 3 is 2.33 bits per heavy atom. The van der Waals surface area contributed by atoms with Gasteiger partial charge in [0.1, 0.15) is 11.2 Å². The molecule has 128 valence electrons. The molecule has 0 radical (unpaired) electrons. The van der Waals surface area contributed by atoms with E-state index in [1.54, 1.807) is 20.8 Å². The average Bonchev–Trinajstić information content (AvgIpc) is 2.83. The van der Waals surface area contributed by atoms with Crippen LogP contribution in [0.15, 0.2) is 36.5 Å². The number of aromatic hydroxyl groups is 1. The quantitative estimate of drug-likeness (QED) is 0.873. The smallest absolute Gasteiger partial charge is 0.418 e. The molecule has 0 unspecified atom stereocenters. The van der Waals surface area contributed by atoms with Crippen molar-refractivity contribution in [3.05, 3.63) is 53.3 Å². The van der Waals surface area contributed by atoms with Crippen LogP contribution in [-0.4, -0.2) is 34.4 Å². The maximum Gasteiger partial charge on any atom is 0.418 e. The predicted molar refractivity (Wildman–Crippen MR) is 88.3 cm³/mol. The van der Waals surface area contributed by atoms with Gasteiger partial charge in [0.25, 0.3) is 0 Å². The number of carbonyl (C=O) groups is 2. The van der Waals surface area contributed by atoms with Crippen LogP contribution >= 0.6 is 0 Å². The second-order valence-electron chi connectivity index (χ2n) is 6.34. The highest BCUT2D eigenvalue weighted by atomic mass is 16.6. The number of esters is 1. The summed E-state index contributed by atoms with van der Waals surface area (Å²) < 4.78 is 11.1. The third kappa shape index (κ3) is 3.95. The summed E-state index contributed by atoms with van der Waals surface area (Å²) in [6.07, 6.45) is 0.843. The van der Waals surface area contributed by atoms with E-state index in [2.05, 4.69) is 4.74 Å². The van der Waals surface area contributed by atoms with Crippen molar-refractivity contribution in [2.75, 3.05) is 7.11 Å². The number of hydrogen-bond donors (Lipinski definition) is 1. The van der Waals surface area contributed by atoms with Crippen molar-refractivity contribution in [2.24, 2.45) is 0 Å². The van der Waals surface area contributed by atoms with Gasteiger partial charge in [-0.2, -0.15) is 0 Å². The van der Waals surface area contributed by atoms with E-state index in [1.165, 1.54) is 13.3 Å². The summed E-state index contributed by atoms with van der Waals surface area (Å²) >= 11 is 0. The van der Waals surface area contributed by atoms with Gasteiger partial charge in [0.05, 0.1) is 12.8 Å². The lowest BCUT2D eigenvalue weighted by Crippen LogP contribution is -2.27. The van der Waals surface area contributed by atoms with Crippen molar-refractivity contribution < 1.29 is 24.2 Å². The number of aromatic nitrogens is 1. The SMILES string of the molecule is COC(=O)c1cn(C(=O)OC(C)(C)C)c(Cc2ccccc2)c1O. The maximum atomic E-state index is 12.4. The summed E-state index contributed by atoms with van der Waals surface area (Å²) in [4.78, 5) is 24.2. The Labute approximate surface area is 140 Å². The largest absolute Gasteiger partial charge is 0.505 e. The normalized spacial score (nSPS) is 11.2. The summed E-state index contributed by atoms with van der Waals surface area (Å²) in [5.41, 5.74) is 0.379. The fraction of sp³-hybridized carbons (Fsp3) is 0.333. The Morgan fingerprint density at radius 1 is 1.17 bits per heavy atom. The Kier molecular flexibility index (Phi) is 4.97. The molecule has 24 heavy (non-hydrogen) atoms. The van der Waals surface area contributed by atoms with E-state index in [0.29, 0.717) is 0 Å². The van der Waals surface area contributed by atoms with Gasteiger partial charge in [-0.25, -0.2) is 9.59 Å². The van der Waals surface area contributed by atoms with Gasteiger partial charge in [0.15, 0.2) is 5.75 Å². The summed E-state index contributed by atoms with van der Waals surface area (Å²) in [7, 11) is 1.21. The minimum atomic E-state index is -0.718. The molecule has 0 bridgehead atoms. The summed E-state index contributed by atoms with van der Waals surface area (Å²) in [5, 5.41) is 10.4. The van der Waals surface area contributed by atoms with Gasteiger partial charge in [0.2, 0.25) is 0 Å². The number of rotatable bonds is 3. The van der Waals surface area contributed by atoms with Crippen LogP contribution in [0.2, 0.25) is 0 Å². The first-order valence-electron chi connectivity index (χ1n) is 7.51. The monoisotopic (exact) mass is 331 g/mol. The average molecular weight is 331 g/mol. The molecule has 0 saturated heterocycles. The van der Waals surface area contributed by atoms with Crippen LogP contribution in [0.5, 0.6) is 5.75 Å². The third-order valence-corrected chi connectivity index (χ3v) is 3.29. The lowest BCUT2D eigenvalue weighted by molar-refractivity contribution is 0.0532. The first-order valence-corrected chi connectivity index (χ1v) is 7.51. The minimum Gasteiger partial charge on any atom is -0.505 e. The van der Waals surface area contributed by atoms with Crippen LogP contribution in [0.3, 0.4) is 0 Å². The molecule has 1 aromatic carbocycles. The molecule has 6 heteroatoms. The highest BCUT2D eigenvalue weighted by Gasteiger charge is 2.27. The molecular formula is C18H21NO5. The van der Waals surface area contributed by atoms with Gasteiger partial charge in [-0.05, 0) is 26.3 Å². The van der Waals surface area contributed by atoms with E-state index in [-0.39, 0.29) is 23.4 Å². The molecule has 1 aromatic heterocycles. The second-order valence-corrected chi connectivity index (χ2v) is 6.34. The summed E-state index contributed by atoms with van der Waals surface area (Å²) in [5.74, 6) is -0.999. The van der Waals surface area contributed by atoms with Crippen LogP contribution in [0.25, 0.3) is 0 Å². The third-order valence-electron chi connectivity index (χ3n) is 3.29. The molecule has 0 amide bonds. The molecular weight excluding hydrogens is 310 g/mol. The molecule has 0 atom stereocenters. The molecule has 2 aromatic rings. The van der Waals surface area contributed by atoms with Gasteiger partial charge < -0.3 is 14.6 Å².